The van der Waals surface area contributed by atoms with E-state index in [1.807, 2.05) is 34.7 Å². The zero-order valence-corrected chi connectivity index (χ0v) is 12.8. The Kier molecular flexibility index (Phi) is 4.04. The molecule has 0 spiro atoms. The molecule has 110 valence electrons. The van der Waals surface area contributed by atoms with Crippen LogP contribution in [-0.2, 0) is 9.31 Å². The number of anilines is 1. The summed E-state index contributed by atoms with van der Waals surface area (Å²) in [6.45, 7) is 8.61. The van der Waals surface area contributed by atoms with E-state index in [1.165, 1.54) is 0 Å². The highest BCUT2D eigenvalue weighted by molar-refractivity contribution is 6.61. The number of nitrogens with zero attached hydrogens (tertiary/aromatic N) is 3. The summed E-state index contributed by atoms with van der Waals surface area (Å²) < 4.78 is 11.9. The molecule has 2 rings (SSSR count). The van der Waals surface area contributed by atoms with E-state index in [-0.39, 0.29) is 17.8 Å². The van der Waals surface area contributed by atoms with Crippen molar-refractivity contribution in [1.29, 1.82) is 0 Å². The number of rotatable bonds is 4. The third kappa shape index (κ3) is 2.80. The fourth-order valence-electron chi connectivity index (χ4n) is 1.88. The van der Waals surface area contributed by atoms with Gasteiger partial charge in [-0.2, -0.15) is 0 Å². The molecule has 1 fully saturated rings. The first-order valence-electron chi connectivity index (χ1n) is 6.76. The van der Waals surface area contributed by atoms with E-state index >= 15 is 0 Å². The molecule has 1 aromatic heterocycles. The third-order valence-corrected chi connectivity index (χ3v) is 3.96. The largest absolute Gasteiger partial charge is 0.498 e. The molecule has 2 heterocycles. The lowest BCUT2D eigenvalue weighted by atomic mass is 9.81. The standard InChI is InChI=1S/C13H22BN3O3/c1-12(2)13(3,4)20-14(19-12)10-8-15-11(16-9-10)17(5)6-7-18/h8-9,18H,6-7H2,1-5H3. The third-order valence-electron chi connectivity index (χ3n) is 3.96. The molecule has 7 heteroatoms. The lowest BCUT2D eigenvalue weighted by Gasteiger charge is -2.32. The van der Waals surface area contributed by atoms with E-state index in [4.69, 9.17) is 14.4 Å². The minimum atomic E-state index is -0.447. The number of hydrogen-bond acceptors (Lipinski definition) is 6. The molecule has 1 aromatic rings. The highest BCUT2D eigenvalue weighted by Gasteiger charge is 2.51. The quantitative estimate of drug-likeness (QED) is 0.794. The zero-order chi connectivity index (χ0) is 15.0. The minimum absolute atomic E-state index is 0.0683. The number of aliphatic hydroxyl groups excluding tert-OH is 1. The van der Waals surface area contributed by atoms with Gasteiger partial charge in [-0.1, -0.05) is 0 Å². The van der Waals surface area contributed by atoms with Gasteiger partial charge >= 0.3 is 7.12 Å². The van der Waals surface area contributed by atoms with Crippen molar-refractivity contribution in [2.24, 2.45) is 0 Å². The average Bonchev–Trinajstić information content (AvgIpc) is 2.59. The van der Waals surface area contributed by atoms with Crippen molar-refractivity contribution < 1.29 is 14.4 Å². The van der Waals surface area contributed by atoms with Crippen LogP contribution in [0.15, 0.2) is 12.4 Å². The first-order valence-corrected chi connectivity index (χ1v) is 6.76. The molecular formula is C13H22BN3O3. The van der Waals surface area contributed by atoms with Crippen molar-refractivity contribution in [3.8, 4) is 0 Å². The predicted octanol–water partition coefficient (Wildman–Crippen LogP) is 0.204. The molecule has 1 saturated heterocycles. The maximum Gasteiger partial charge on any atom is 0.498 e. The molecule has 0 aromatic carbocycles. The van der Waals surface area contributed by atoms with Crippen molar-refractivity contribution in [3.05, 3.63) is 12.4 Å². The number of hydrogen-bond donors (Lipinski definition) is 1. The summed E-state index contributed by atoms with van der Waals surface area (Å²) >= 11 is 0. The summed E-state index contributed by atoms with van der Waals surface area (Å²) in [6, 6.07) is 0. The molecular weight excluding hydrogens is 257 g/mol. The molecule has 0 atom stereocenters. The Morgan fingerprint density at radius 1 is 1.15 bits per heavy atom. The summed E-state index contributed by atoms with van der Waals surface area (Å²) in [6.07, 6.45) is 3.41. The zero-order valence-electron chi connectivity index (χ0n) is 12.8. The van der Waals surface area contributed by atoms with E-state index in [9.17, 15) is 0 Å². The van der Waals surface area contributed by atoms with Crippen LogP contribution in [-0.4, -0.2) is 53.6 Å². The highest BCUT2D eigenvalue weighted by atomic mass is 16.7. The fraction of sp³-hybridized carbons (Fsp3) is 0.692. The Hall–Kier alpha value is -1.18. The normalized spacial score (nSPS) is 20.2. The van der Waals surface area contributed by atoms with Gasteiger partial charge in [-0.25, -0.2) is 9.97 Å². The van der Waals surface area contributed by atoms with Crippen molar-refractivity contribution in [2.75, 3.05) is 25.1 Å². The molecule has 1 aliphatic rings. The summed E-state index contributed by atoms with van der Waals surface area (Å²) in [5.41, 5.74) is 0.0541. The number of aromatic nitrogens is 2. The van der Waals surface area contributed by atoms with Gasteiger partial charge in [0.1, 0.15) is 0 Å². The molecule has 1 aliphatic heterocycles. The Labute approximate surface area is 120 Å². The Morgan fingerprint density at radius 2 is 1.65 bits per heavy atom. The SMILES string of the molecule is CN(CCO)c1ncc(B2OC(C)(C)C(C)(C)O2)cn1. The molecule has 0 aliphatic carbocycles. The van der Waals surface area contributed by atoms with Crippen LogP contribution in [0.1, 0.15) is 27.7 Å². The smallest absolute Gasteiger partial charge is 0.399 e. The molecule has 0 bridgehead atoms. The van der Waals surface area contributed by atoms with Crippen molar-refractivity contribution in [2.45, 2.75) is 38.9 Å². The number of likely N-dealkylation sites (N-methyl/N-ethyl adjacent to an activating group) is 1. The van der Waals surface area contributed by atoms with Crippen molar-refractivity contribution in [1.82, 2.24) is 9.97 Å². The van der Waals surface area contributed by atoms with Gasteiger partial charge in [0.2, 0.25) is 5.95 Å². The minimum Gasteiger partial charge on any atom is -0.399 e. The first kappa shape index (κ1) is 15.2. The lowest BCUT2D eigenvalue weighted by molar-refractivity contribution is 0.00578. The summed E-state index contributed by atoms with van der Waals surface area (Å²) in [5, 5.41) is 8.90. The number of aliphatic hydroxyl groups is 1. The molecule has 0 radical (unpaired) electrons. The first-order chi connectivity index (χ1) is 9.27. The van der Waals surface area contributed by atoms with Gasteiger partial charge in [-0.05, 0) is 27.7 Å². The molecule has 6 nitrogen and oxygen atoms in total. The van der Waals surface area contributed by atoms with Crippen LogP contribution in [0.25, 0.3) is 0 Å². The average molecular weight is 279 g/mol. The van der Waals surface area contributed by atoms with Gasteiger partial charge in [0.25, 0.3) is 0 Å². The monoisotopic (exact) mass is 279 g/mol. The van der Waals surface area contributed by atoms with Gasteiger partial charge in [0.05, 0.1) is 17.8 Å². The second-order valence-corrected chi connectivity index (χ2v) is 6.05. The summed E-state index contributed by atoms with van der Waals surface area (Å²) in [4.78, 5) is 10.3. The maximum atomic E-state index is 8.90. The summed E-state index contributed by atoms with van der Waals surface area (Å²) in [7, 11) is 1.39. The topological polar surface area (TPSA) is 67.7 Å². The van der Waals surface area contributed by atoms with Gasteiger partial charge in [-0.3, -0.25) is 0 Å². The Bertz CT molecular complexity index is 448. The van der Waals surface area contributed by atoms with Crippen LogP contribution < -0.4 is 10.4 Å². The molecule has 20 heavy (non-hydrogen) atoms. The van der Waals surface area contributed by atoms with Crippen LogP contribution in [0.4, 0.5) is 5.95 Å². The maximum absolute atomic E-state index is 8.90. The van der Waals surface area contributed by atoms with Gasteiger partial charge in [0, 0.05) is 31.4 Å². The van der Waals surface area contributed by atoms with Crippen LogP contribution in [0.2, 0.25) is 0 Å². The second kappa shape index (κ2) is 5.31. The Morgan fingerprint density at radius 3 is 2.10 bits per heavy atom. The van der Waals surface area contributed by atoms with E-state index in [0.29, 0.717) is 12.5 Å². The van der Waals surface area contributed by atoms with Crippen LogP contribution >= 0.6 is 0 Å². The van der Waals surface area contributed by atoms with Crippen LogP contribution in [0.3, 0.4) is 0 Å². The van der Waals surface area contributed by atoms with E-state index < -0.39 is 7.12 Å². The van der Waals surface area contributed by atoms with Crippen molar-refractivity contribution in [3.63, 3.8) is 0 Å². The predicted molar refractivity (Wildman–Crippen MR) is 78.1 cm³/mol. The van der Waals surface area contributed by atoms with E-state index in [2.05, 4.69) is 9.97 Å². The Balaban J connectivity index is 2.12. The molecule has 0 unspecified atom stereocenters. The van der Waals surface area contributed by atoms with E-state index in [1.54, 1.807) is 17.3 Å². The second-order valence-electron chi connectivity index (χ2n) is 6.05. The lowest BCUT2D eigenvalue weighted by Crippen LogP contribution is -2.41. The van der Waals surface area contributed by atoms with Crippen LogP contribution in [0, 0.1) is 0 Å². The van der Waals surface area contributed by atoms with Gasteiger partial charge in [-0.15, -0.1) is 0 Å². The highest BCUT2D eigenvalue weighted by Crippen LogP contribution is 2.36. The summed E-state index contributed by atoms with van der Waals surface area (Å²) in [5.74, 6) is 0.569. The van der Waals surface area contributed by atoms with Gasteiger partial charge < -0.3 is 19.3 Å². The molecule has 1 N–H and O–H groups in total. The molecule has 0 saturated carbocycles. The van der Waals surface area contributed by atoms with Crippen LogP contribution in [0.5, 0.6) is 0 Å². The molecule has 0 amide bonds. The fourth-order valence-corrected chi connectivity index (χ4v) is 1.88. The van der Waals surface area contributed by atoms with E-state index in [0.717, 1.165) is 5.46 Å². The van der Waals surface area contributed by atoms with Crippen molar-refractivity contribution >= 4 is 18.5 Å². The van der Waals surface area contributed by atoms with Gasteiger partial charge in [0.15, 0.2) is 0 Å².